The van der Waals surface area contributed by atoms with Crippen molar-refractivity contribution in [2.75, 3.05) is 27.4 Å². The zero-order valence-corrected chi connectivity index (χ0v) is 15.9. The van der Waals surface area contributed by atoms with Crippen LogP contribution in [0.25, 0.3) is 6.08 Å². The first kappa shape index (κ1) is 18.0. The summed E-state index contributed by atoms with van der Waals surface area (Å²) in [4.78, 5) is 14.7. The van der Waals surface area contributed by atoms with Crippen LogP contribution in [0.4, 0.5) is 0 Å². The Labute approximate surface area is 156 Å². The molecule has 0 aromatic heterocycles. The molecular formula is C18H19NO4S2. The highest BCUT2D eigenvalue weighted by Crippen LogP contribution is 2.39. The van der Waals surface area contributed by atoms with Crippen molar-refractivity contribution in [1.82, 2.24) is 4.90 Å². The van der Waals surface area contributed by atoms with Gasteiger partial charge in [0.2, 0.25) is 0 Å². The molecule has 2 aliphatic rings. The number of amides is 1. The molecule has 25 heavy (non-hydrogen) atoms. The van der Waals surface area contributed by atoms with Gasteiger partial charge in [0.15, 0.2) is 11.5 Å². The summed E-state index contributed by atoms with van der Waals surface area (Å²) < 4.78 is 16.9. The summed E-state index contributed by atoms with van der Waals surface area (Å²) in [6, 6.07) is 5.74. The van der Waals surface area contributed by atoms with Crippen LogP contribution in [0.5, 0.6) is 11.5 Å². The van der Waals surface area contributed by atoms with Crippen molar-refractivity contribution < 1.29 is 19.0 Å². The van der Waals surface area contributed by atoms with Crippen LogP contribution in [-0.2, 0) is 9.53 Å². The summed E-state index contributed by atoms with van der Waals surface area (Å²) in [6.45, 7) is 2.86. The van der Waals surface area contributed by atoms with Gasteiger partial charge in [-0.25, -0.2) is 0 Å². The summed E-state index contributed by atoms with van der Waals surface area (Å²) in [7, 11) is 3.22. The molecule has 0 spiro atoms. The molecule has 2 aliphatic heterocycles. The lowest BCUT2D eigenvalue weighted by Crippen LogP contribution is -2.31. The van der Waals surface area contributed by atoms with E-state index in [9.17, 15) is 4.79 Å². The van der Waals surface area contributed by atoms with E-state index in [0.717, 1.165) is 16.9 Å². The highest BCUT2D eigenvalue weighted by Gasteiger charge is 2.32. The van der Waals surface area contributed by atoms with Crippen LogP contribution in [0.3, 0.4) is 0 Å². The number of nitrogens with zero attached hydrogens (tertiary/aromatic N) is 1. The highest BCUT2D eigenvalue weighted by molar-refractivity contribution is 8.26. The van der Waals surface area contributed by atoms with Crippen molar-refractivity contribution in [3.8, 4) is 11.5 Å². The number of thioether (sulfide) groups is 1. The average molecular weight is 377 g/mol. The third-order valence-corrected chi connectivity index (χ3v) is 5.38. The summed E-state index contributed by atoms with van der Waals surface area (Å²) in [5.41, 5.74) is 1.85. The molecule has 0 radical (unpaired) electrons. The number of thiocarbonyl (C=S) groups is 1. The standard InChI is InChI=1S/C18H19NO4S2/c1-11-13(9-12-5-4-6-14(22-3)16(12)23-11)10-15-17(20)19(7-8-21-2)18(24)25-15/h4-6,9-11H,7-8H2,1-3H3/b15-10-. The van der Waals surface area contributed by atoms with Crippen molar-refractivity contribution in [1.29, 1.82) is 0 Å². The quantitative estimate of drug-likeness (QED) is 0.580. The van der Waals surface area contributed by atoms with E-state index in [4.69, 9.17) is 26.4 Å². The van der Waals surface area contributed by atoms with Crippen LogP contribution in [0.2, 0.25) is 0 Å². The normalized spacial score (nSPS) is 21.2. The monoisotopic (exact) mass is 377 g/mol. The van der Waals surface area contributed by atoms with Gasteiger partial charge in [-0.05, 0) is 30.7 Å². The number of hydrogen-bond donors (Lipinski definition) is 0. The zero-order chi connectivity index (χ0) is 18.0. The van der Waals surface area contributed by atoms with E-state index in [-0.39, 0.29) is 12.0 Å². The Balaban J connectivity index is 1.89. The molecule has 132 valence electrons. The van der Waals surface area contributed by atoms with E-state index in [2.05, 4.69) is 0 Å². The number of fused-ring (bicyclic) bond motifs is 1. The predicted octanol–water partition coefficient (Wildman–Crippen LogP) is 3.25. The summed E-state index contributed by atoms with van der Waals surface area (Å²) in [6.07, 6.45) is 3.69. The topological polar surface area (TPSA) is 48.0 Å². The molecule has 7 heteroatoms. The molecule has 1 amide bonds. The fourth-order valence-electron chi connectivity index (χ4n) is 2.66. The summed E-state index contributed by atoms with van der Waals surface area (Å²) >= 11 is 6.61. The maximum Gasteiger partial charge on any atom is 0.266 e. The van der Waals surface area contributed by atoms with Gasteiger partial charge in [0.1, 0.15) is 10.4 Å². The van der Waals surface area contributed by atoms with Gasteiger partial charge in [0.25, 0.3) is 5.91 Å². The molecule has 1 aromatic carbocycles. The van der Waals surface area contributed by atoms with E-state index in [0.29, 0.717) is 28.1 Å². The number of rotatable bonds is 5. The molecule has 1 saturated heterocycles. The molecule has 1 fully saturated rings. The maximum absolute atomic E-state index is 12.6. The lowest BCUT2D eigenvalue weighted by atomic mass is 10.0. The fourth-order valence-corrected chi connectivity index (χ4v) is 3.97. The van der Waals surface area contributed by atoms with Crippen molar-refractivity contribution >= 4 is 40.3 Å². The van der Waals surface area contributed by atoms with Crippen molar-refractivity contribution in [3.05, 3.63) is 40.3 Å². The zero-order valence-electron chi connectivity index (χ0n) is 14.3. The minimum atomic E-state index is -0.189. The molecule has 0 N–H and O–H groups in total. The van der Waals surface area contributed by atoms with Crippen molar-refractivity contribution in [2.45, 2.75) is 13.0 Å². The summed E-state index contributed by atoms with van der Waals surface area (Å²) in [5.74, 6) is 1.34. The molecule has 1 unspecified atom stereocenters. The Morgan fingerprint density at radius 3 is 2.92 bits per heavy atom. The highest BCUT2D eigenvalue weighted by atomic mass is 32.2. The molecule has 1 aromatic rings. The SMILES string of the molecule is COCCN1C(=O)/C(=C/C2=Cc3cccc(OC)c3OC2C)SC1=S. The first-order valence-electron chi connectivity index (χ1n) is 7.84. The van der Waals surface area contributed by atoms with Gasteiger partial charge in [0.05, 0.1) is 25.2 Å². The Morgan fingerprint density at radius 2 is 2.20 bits per heavy atom. The van der Waals surface area contributed by atoms with Crippen LogP contribution in [0.1, 0.15) is 12.5 Å². The van der Waals surface area contributed by atoms with E-state index in [1.165, 1.54) is 11.8 Å². The van der Waals surface area contributed by atoms with Crippen LogP contribution in [0, 0.1) is 0 Å². The van der Waals surface area contributed by atoms with E-state index < -0.39 is 0 Å². The average Bonchev–Trinajstić information content (AvgIpc) is 2.86. The summed E-state index contributed by atoms with van der Waals surface area (Å²) in [5, 5.41) is 0. The van der Waals surface area contributed by atoms with Gasteiger partial charge in [-0.15, -0.1) is 0 Å². The number of hydrogen-bond acceptors (Lipinski definition) is 6. The third-order valence-electron chi connectivity index (χ3n) is 4.01. The molecule has 0 bridgehead atoms. The van der Waals surface area contributed by atoms with E-state index in [1.54, 1.807) is 19.1 Å². The van der Waals surface area contributed by atoms with Crippen molar-refractivity contribution in [3.63, 3.8) is 0 Å². The molecule has 0 saturated carbocycles. The number of para-hydroxylation sites is 1. The molecular weight excluding hydrogens is 358 g/mol. The Bertz CT molecular complexity index is 772. The van der Waals surface area contributed by atoms with Gasteiger partial charge < -0.3 is 14.2 Å². The third kappa shape index (κ3) is 3.58. The van der Waals surface area contributed by atoms with Gasteiger partial charge >= 0.3 is 0 Å². The Morgan fingerprint density at radius 1 is 1.40 bits per heavy atom. The van der Waals surface area contributed by atoms with E-state index >= 15 is 0 Å². The largest absolute Gasteiger partial charge is 0.493 e. The van der Waals surface area contributed by atoms with E-state index in [1.807, 2.05) is 37.3 Å². The molecule has 2 heterocycles. The minimum Gasteiger partial charge on any atom is -0.493 e. The predicted molar refractivity (Wildman–Crippen MR) is 103 cm³/mol. The number of benzene rings is 1. The number of ether oxygens (including phenoxy) is 3. The van der Waals surface area contributed by atoms with Gasteiger partial charge in [-0.1, -0.05) is 36.1 Å². The first-order chi connectivity index (χ1) is 12.0. The molecule has 3 rings (SSSR count). The Kier molecular flexibility index (Phi) is 5.46. The lowest BCUT2D eigenvalue weighted by molar-refractivity contribution is -0.122. The first-order valence-corrected chi connectivity index (χ1v) is 9.07. The Hall–Kier alpha value is -1.83. The van der Waals surface area contributed by atoms with Crippen LogP contribution >= 0.6 is 24.0 Å². The smallest absolute Gasteiger partial charge is 0.266 e. The maximum atomic E-state index is 12.6. The van der Waals surface area contributed by atoms with Gasteiger partial charge in [-0.2, -0.15) is 0 Å². The fraction of sp³-hybridized carbons (Fsp3) is 0.333. The van der Waals surface area contributed by atoms with Crippen molar-refractivity contribution in [2.24, 2.45) is 0 Å². The second kappa shape index (κ2) is 7.59. The molecule has 5 nitrogen and oxygen atoms in total. The number of methoxy groups -OCH3 is 2. The molecule has 1 atom stereocenters. The van der Waals surface area contributed by atoms with Gasteiger partial charge in [0, 0.05) is 12.7 Å². The molecule has 0 aliphatic carbocycles. The second-order valence-electron chi connectivity index (χ2n) is 5.61. The van der Waals surface area contributed by atoms with Gasteiger partial charge in [-0.3, -0.25) is 9.69 Å². The van der Waals surface area contributed by atoms with Crippen LogP contribution in [0.15, 0.2) is 34.8 Å². The number of carbonyl (C=O) groups is 1. The lowest BCUT2D eigenvalue weighted by Gasteiger charge is -2.24. The number of carbonyl (C=O) groups excluding carboxylic acids is 1. The van der Waals surface area contributed by atoms with Crippen LogP contribution < -0.4 is 9.47 Å². The van der Waals surface area contributed by atoms with Crippen LogP contribution in [-0.4, -0.2) is 48.6 Å². The minimum absolute atomic E-state index is 0.0865. The second-order valence-corrected chi connectivity index (χ2v) is 7.28.